The first-order valence-electron chi connectivity index (χ1n) is 11.5. The molecule has 0 spiro atoms. The van der Waals surface area contributed by atoms with E-state index in [1.165, 1.54) is 0 Å². The summed E-state index contributed by atoms with van der Waals surface area (Å²) in [4.78, 5) is 9.33. The molecule has 0 unspecified atom stereocenters. The van der Waals surface area contributed by atoms with Gasteiger partial charge in [0.15, 0.2) is 9.84 Å². The molecule has 0 atom stereocenters. The van der Waals surface area contributed by atoms with Crippen LogP contribution in [0.25, 0.3) is 22.3 Å². The summed E-state index contributed by atoms with van der Waals surface area (Å²) in [5, 5.41) is 9.31. The van der Waals surface area contributed by atoms with Crippen molar-refractivity contribution in [2.45, 2.75) is 75.0 Å². The van der Waals surface area contributed by atoms with Gasteiger partial charge in [0.05, 0.1) is 16.2 Å². The van der Waals surface area contributed by atoms with Crippen molar-refractivity contribution < 1.29 is 13.5 Å². The van der Waals surface area contributed by atoms with Gasteiger partial charge in [-0.25, -0.2) is 8.42 Å². The number of hydrogen-bond donors (Lipinski definition) is 1. The Kier molecular flexibility index (Phi) is 6.43. The number of nitrogens with zero attached hydrogens (tertiary/aromatic N) is 2. The zero-order valence-electron chi connectivity index (χ0n) is 19.7. The van der Waals surface area contributed by atoms with Crippen molar-refractivity contribution in [3.63, 3.8) is 0 Å². The van der Waals surface area contributed by atoms with E-state index in [-0.39, 0.29) is 11.5 Å². The monoisotopic (exact) mass is 464 g/mol. The number of benzene rings is 1. The van der Waals surface area contributed by atoms with Gasteiger partial charge in [-0.05, 0) is 79.6 Å². The van der Waals surface area contributed by atoms with Crippen LogP contribution >= 0.6 is 0 Å². The van der Waals surface area contributed by atoms with Gasteiger partial charge in [-0.2, -0.15) is 0 Å². The van der Waals surface area contributed by atoms with E-state index < -0.39 is 15.1 Å². The minimum absolute atomic E-state index is 0.0462. The molecule has 1 aromatic carbocycles. The molecule has 5 nitrogen and oxygen atoms in total. The van der Waals surface area contributed by atoms with Gasteiger partial charge in [0, 0.05) is 40.8 Å². The lowest BCUT2D eigenvalue weighted by molar-refractivity contribution is 0.131. The molecule has 0 saturated heterocycles. The second-order valence-electron chi connectivity index (χ2n) is 10.1. The maximum absolute atomic E-state index is 13.1. The van der Waals surface area contributed by atoms with Crippen molar-refractivity contribution in [1.82, 2.24) is 9.97 Å². The minimum atomic E-state index is -3.41. The van der Waals surface area contributed by atoms with Crippen LogP contribution in [0, 0.1) is 6.92 Å². The van der Waals surface area contributed by atoms with Crippen LogP contribution in [0.5, 0.6) is 0 Å². The third-order valence-electron chi connectivity index (χ3n) is 6.52. The summed E-state index contributed by atoms with van der Waals surface area (Å²) in [7, 11) is -3.41. The molecule has 4 rings (SSSR count). The highest BCUT2D eigenvalue weighted by Gasteiger charge is 2.31. The van der Waals surface area contributed by atoms with Crippen molar-refractivity contribution in [2.75, 3.05) is 0 Å². The lowest BCUT2D eigenvalue weighted by atomic mass is 9.90. The quantitative estimate of drug-likeness (QED) is 0.552. The number of hydrogen-bond acceptors (Lipinski definition) is 5. The van der Waals surface area contributed by atoms with Gasteiger partial charge in [0.2, 0.25) is 0 Å². The van der Waals surface area contributed by atoms with Crippen molar-refractivity contribution in [1.29, 1.82) is 0 Å². The fourth-order valence-corrected chi connectivity index (χ4v) is 6.33. The molecule has 0 radical (unpaired) electrons. The van der Waals surface area contributed by atoms with Gasteiger partial charge in [0.25, 0.3) is 0 Å². The van der Waals surface area contributed by atoms with Gasteiger partial charge in [-0.15, -0.1) is 0 Å². The Morgan fingerprint density at radius 3 is 2.27 bits per heavy atom. The maximum Gasteiger partial charge on any atom is 0.181 e. The van der Waals surface area contributed by atoms with Crippen LogP contribution in [0.2, 0.25) is 0 Å². The average molecular weight is 465 g/mol. The Morgan fingerprint density at radius 2 is 1.61 bits per heavy atom. The van der Waals surface area contributed by atoms with Crippen molar-refractivity contribution in [2.24, 2.45) is 0 Å². The predicted molar refractivity (Wildman–Crippen MR) is 132 cm³/mol. The molecular formula is C27H32N2O3S. The SMILES string of the molecule is Cc1cc(S(=O)(=O)C2CCC(O)CC2)ccc1-c1cncc(-c2ccnc(C(C)(C)C)c2)c1. The Labute approximate surface area is 196 Å². The lowest BCUT2D eigenvalue weighted by Gasteiger charge is -2.25. The Balaban J connectivity index is 1.65. The normalized spacial score (nSPS) is 19.4. The zero-order valence-corrected chi connectivity index (χ0v) is 20.6. The molecule has 0 amide bonds. The fourth-order valence-electron chi connectivity index (χ4n) is 4.45. The number of aliphatic hydroxyl groups is 1. The summed E-state index contributed by atoms with van der Waals surface area (Å²) in [6, 6.07) is 11.5. The van der Waals surface area contributed by atoms with Crippen LogP contribution in [0.15, 0.2) is 59.9 Å². The molecule has 6 heteroatoms. The van der Waals surface area contributed by atoms with Gasteiger partial charge < -0.3 is 5.11 Å². The third-order valence-corrected chi connectivity index (χ3v) is 8.78. The van der Waals surface area contributed by atoms with Gasteiger partial charge >= 0.3 is 0 Å². The van der Waals surface area contributed by atoms with Gasteiger partial charge in [-0.3, -0.25) is 9.97 Å². The first kappa shape index (κ1) is 23.6. The van der Waals surface area contributed by atoms with Crippen LogP contribution in [-0.2, 0) is 15.3 Å². The number of aromatic nitrogens is 2. The topological polar surface area (TPSA) is 80.2 Å². The number of sulfone groups is 1. The van der Waals surface area contributed by atoms with E-state index in [0.717, 1.165) is 33.5 Å². The molecule has 3 aromatic rings. The van der Waals surface area contributed by atoms with Crippen molar-refractivity contribution in [3.05, 3.63) is 66.2 Å². The van der Waals surface area contributed by atoms with Crippen LogP contribution in [-0.4, -0.2) is 34.8 Å². The zero-order chi connectivity index (χ0) is 23.8. The Bertz CT molecular complexity index is 1250. The summed E-state index contributed by atoms with van der Waals surface area (Å²) in [5.74, 6) is 0. The fraction of sp³-hybridized carbons (Fsp3) is 0.407. The van der Waals surface area contributed by atoms with E-state index in [4.69, 9.17) is 0 Å². The molecule has 33 heavy (non-hydrogen) atoms. The maximum atomic E-state index is 13.1. The van der Waals surface area contributed by atoms with Crippen LogP contribution in [0.3, 0.4) is 0 Å². The molecule has 1 N–H and O–H groups in total. The molecule has 2 heterocycles. The highest BCUT2D eigenvalue weighted by Crippen LogP contribution is 2.33. The lowest BCUT2D eigenvalue weighted by Crippen LogP contribution is -2.29. The molecule has 1 aliphatic rings. The average Bonchev–Trinajstić information content (AvgIpc) is 2.79. The van der Waals surface area contributed by atoms with Gasteiger partial charge in [0.1, 0.15) is 0 Å². The Hall–Kier alpha value is -2.57. The summed E-state index contributed by atoms with van der Waals surface area (Å²) in [6.07, 6.45) is 7.23. The molecule has 1 saturated carbocycles. The highest BCUT2D eigenvalue weighted by atomic mass is 32.2. The molecule has 1 aliphatic carbocycles. The van der Waals surface area contributed by atoms with E-state index in [0.29, 0.717) is 30.6 Å². The highest BCUT2D eigenvalue weighted by molar-refractivity contribution is 7.92. The van der Waals surface area contributed by atoms with E-state index in [1.807, 2.05) is 37.6 Å². The second kappa shape index (κ2) is 8.99. The second-order valence-corrected chi connectivity index (χ2v) is 12.3. The molecule has 0 aliphatic heterocycles. The van der Waals surface area contributed by atoms with Crippen LogP contribution < -0.4 is 0 Å². The van der Waals surface area contributed by atoms with E-state index in [1.54, 1.807) is 12.1 Å². The summed E-state index contributed by atoms with van der Waals surface area (Å²) >= 11 is 0. The number of aryl methyl sites for hydroxylation is 1. The first-order valence-corrected chi connectivity index (χ1v) is 13.1. The number of pyridine rings is 2. The molecule has 174 valence electrons. The summed E-state index contributed by atoms with van der Waals surface area (Å²) in [5.41, 5.74) is 5.84. The molecule has 0 bridgehead atoms. The smallest absolute Gasteiger partial charge is 0.181 e. The van der Waals surface area contributed by atoms with Crippen LogP contribution in [0.4, 0.5) is 0 Å². The standard InChI is InChI=1S/C27H32N2O3S/c1-18-13-24(33(31,32)23-7-5-22(30)6-8-23)9-10-25(18)21-14-20(16-28-17-21)19-11-12-29-26(15-19)27(2,3)4/h9-17,22-23,30H,5-8H2,1-4H3. The van der Waals surface area contributed by atoms with Crippen molar-refractivity contribution in [3.8, 4) is 22.3 Å². The van der Waals surface area contributed by atoms with Crippen molar-refractivity contribution >= 4 is 9.84 Å². The summed E-state index contributed by atoms with van der Waals surface area (Å²) < 4.78 is 26.3. The van der Waals surface area contributed by atoms with E-state index in [2.05, 4.69) is 42.9 Å². The number of aliphatic hydroxyl groups excluding tert-OH is 1. The first-order chi connectivity index (χ1) is 15.6. The van der Waals surface area contributed by atoms with Crippen LogP contribution in [0.1, 0.15) is 57.7 Å². The van der Waals surface area contributed by atoms with Gasteiger partial charge in [-0.1, -0.05) is 26.8 Å². The largest absolute Gasteiger partial charge is 0.393 e. The van der Waals surface area contributed by atoms with E-state index in [9.17, 15) is 13.5 Å². The molecular weight excluding hydrogens is 432 g/mol. The third kappa shape index (κ3) is 5.02. The van der Waals surface area contributed by atoms with E-state index >= 15 is 0 Å². The Morgan fingerprint density at radius 1 is 0.909 bits per heavy atom. The predicted octanol–water partition coefficient (Wildman–Crippen LogP) is 5.49. The number of rotatable bonds is 4. The molecule has 1 fully saturated rings. The minimum Gasteiger partial charge on any atom is -0.393 e. The summed E-state index contributed by atoms with van der Waals surface area (Å²) in [6.45, 7) is 8.36. The molecule has 2 aromatic heterocycles.